The third-order valence-corrected chi connectivity index (χ3v) is 8.08. The molecule has 228 valence electrons. The smallest absolute Gasteiger partial charge is 0.337 e. The zero-order valence-electron chi connectivity index (χ0n) is 24.3. The molecule has 0 fully saturated rings. The summed E-state index contributed by atoms with van der Waals surface area (Å²) in [7, 11) is 1.27. The monoisotopic (exact) mass is 615 g/mol. The van der Waals surface area contributed by atoms with Crippen LogP contribution < -0.4 is 10.7 Å². The number of methoxy groups -OCH3 is 1. The van der Waals surface area contributed by atoms with E-state index in [9.17, 15) is 29.1 Å². The van der Waals surface area contributed by atoms with Crippen molar-refractivity contribution < 1.29 is 33.8 Å². The number of thioether (sulfide) groups is 1. The van der Waals surface area contributed by atoms with Crippen molar-refractivity contribution in [3.05, 3.63) is 107 Å². The number of esters is 1. The Morgan fingerprint density at radius 1 is 0.909 bits per heavy atom. The number of hydrogen-bond acceptors (Lipinski definition) is 7. The summed E-state index contributed by atoms with van der Waals surface area (Å²) in [6.45, 7) is 1.43. The van der Waals surface area contributed by atoms with Gasteiger partial charge in [-0.3, -0.25) is 24.5 Å². The minimum Gasteiger partial charge on any atom is -0.480 e. The number of aliphatic carboxylic acids is 1. The molecule has 1 aromatic heterocycles. The van der Waals surface area contributed by atoms with Crippen LogP contribution in [0.15, 0.2) is 85.1 Å². The molecule has 2 atom stereocenters. The molecule has 11 heteroatoms. The van der Waals surface area contributed by atoms with Gasteiger partial charge in [0.15, 0.2) is 5.12 Å². The van der Waals surface area contributed by atoms with E-state index in [1.165, 1.54) is 43.0 Å². The van der Waals surface area contributed by atoms with Gasteiger partial charge in [0.25, 0.3) is 5.91 Å². The minimum absolute atomic E-state index is 0.0382. The topological polar surface area (TPSA) is 144 Å². The summed E-state index contributed by atoms with van der Waals surface area (Å²) in [5.74, 6) is -2.93. The van der Waals surface area contributed by atoms with Crippen molar-refractivity contribution in [2.45, 2.75) is 32.2 Å². The summed E-state index contributed by atoms with van der Waals surface area (Å²) in [4.78, 5) is 62.1. The van der Waals surface area contributed by atoms with Gasteiger partial charge in [0, 0.05) is 42.2 Å². The number of hydrogen-bond donors (Lipinski definition) is 3. The van der Waals surface area contributed by atoms with Crippen molar-refractivity contribution in [1.82, 2.24) is 9.99 Å². The zero-order chi connectivity index (χ0) is 31.6. The van der Waals surface area contributed by atoms with Crippen molar-refractivity contribution in [2.75, 3.05) is 18.3 Å². The Morgan fingerprint density at radius 3 is 2.23 bits per heavy atom. The van der Waals surface area contributed by atoms with E-state index in [0.29, 0.717) is 40.4 Å². The fourth-order valence-electron chi connectivity index (χ4n) is 4.76. The van der Waals surface area contributed by atoms with Gasteiger partial charge in [-0.25, -0.2) is 9.59 Å². The first kappa shape index (κ1) is 32.0. The predicted octanol–water partition coefficient (Wildman–Crippen LogP) is 4.45. The van der Waals surface area contributed by atoms with Crippen molar-refractivity contribution >= 4 is 51.5 Å². The summed E-state index contributed by atoms with van der Waals surface area (Å²) in [6.07, 6.45) is 2.65. The average Bonchev–Trinajstić information content (AvgIpc) is 3.37. The lowest BCUT2D eigenvalue weighted by Gasteiger charge is -2.20. The lowest BCUT2D eigenvalue weighted by molar-refractivity contribution is -0.142. The summed E-state index contributed by atoms with van der Waals surface area (Å²) < 4.78 is 6.20. The SMILES string of the molecule is COC(=O)c1ccc(C(=O)Nn2cc(C[C@H](NC(=O)C(CCc3ccccc3)CSC(C)=O)C(=O)O)c3ccccc32)cc1. The number of amides is 2. The molecular formula is C33H33N3O7S. The van der Waals surface area contributed by atoms with Crippen LogP contribution in [0.2, 0.25) is 0 Å². The molecule has 0 bridgehead atoms. The average molecular weight is 616 g/mol. The Labute approximate surface area is 258 Å². The first-order valence-corrected chi connectivity index (χ1v) is 14.9. The van der Waals surface area contributed by atoms with Crippen LogP contribution in [-0.4, -0.2) is 57.6 Å². The van der Waals surface area contributed by atoms with E-state index in [2.05, 4.69) is 10.7 Å². The first-order chi connectivity index (χ1) is 21.2. The molecule has 3 aromatic carbocycles. The van der Waals surface area contributed by atoms with E-state index in [0.717, 1.165) is 17.3 Å². The highest BCUT2D eigenvalue weighted by molar-refractivity contribution is 8.13. The number of benzene rings is 3. The fraction of sp³-hybridized carbons (Fsp3) is 0.242. The quantitative estimate of drug-likeness (QED) is 0.187. The maximum absolute atomic E-state index is 13.3. The van der Waals surface area contributed by atoms with E-state index in [1.807, 2.05) is 36.4 Å². The Bertz CT molecular complexity index is 1650. The second-order valence-corrected chi connectivity index (χ2v) is 11.4. The molecule has 0 aliphatic carbocycles. The highest BCUT2D eigenvalue weighted by Crippen LogP contribution is 2.23. The van der Waals surface area contributed by atoms with Crippen LogP contribution >= 0.6 is 11.8 Å². The van der Waals surface area contributed by atoms with E-state index in [1.54, 1.807) is 24.4 Å². The van der Waals surface area contributed by atoms with Gasteiger partial charge in [0.2, 0.25) is 5.91 Å². The van der Waals surface area contributed by atoms with E-state index in [-0.39, 0.29) is 17.3 Å². The number of carbonyl (C=O) groups is 5. The van der Waals surface area contributed by atoms with Crippen molar-refractivity contribution in [3.8, 4) is 0 Å². The maximum atomic E-state index is 13.3. The van der Waals surface area contributed by atoms with Crippen LogP contribution in [-0.2, 0) is 32.0 Å². The number of para-hydroxylation sites is 1. The van der Waals surface area contributed by atoms with Gasteiger partial charge >= 0.3 is 11.9 Å². The number of carbonyl (C=O) groups excluding carboxylic acids is 4. The highest BCUT2D eigenvalue weighted by atomic mass is 32.2. The number of aromatic nitrogens is 1. The molecule has 0 saturated carbocycles. The third kappa shape index (κ3) is 8.35. The van der Waals surface area contributed by atoms with Gasteiger partial charge < -0.3 is 15.2 Å². The van der Waals surface area contributed by atoms with Crippen molar-refractivity contribution in [3.63, 3.8) is 0 Å². The van der Waals surface area contributed by atoms with Crippen molar-refractivity contribution in [2.24, 2.45) is 5.92 Å². The van der Waals surface area contributed by atoms with Crippen molar-refractivity contribution in [1.29, 1.82) is 0 Å². The highest BCUT2D eigenvalue weighted by Gasteiger charge is 2.27. The number of nitrogens with one attached hydrogen (secondary N) is 2. The molecule has 0 spiro atoms. The van der Waals surface area contributed by atoms with Crippen LogP contribution in [0.1, 0.15) is 45.2 Å². The molecular weight excluding hydrogens is 582 g/mol. The molecule has 1 heterocycles. The van der Waals surface area contributed by atoms with Gasteiger partial charge in [-0.05, 0) is 54.3 Å². The van der Waals surface area contributed by atoms with E-state index < -0.39 is 35.7 Å². The third-order valence-electron chi connectivity index (χ3n) is 7.11. The van der Waals surface area contributed by atoms with Gasteiger partial charge in [-0.15, -0.1) is 0 Å². The van der Waals surface area contributed by atoms with Gasteiger partial charge in [-0.1, -0.05) is 60.3 Å². The maximum Gasteiger partial charge on any atom is 0.337 e. The minimum atomic E-state index is -1.25. The van der Waals surface area contributed by atoms with Gasteiger partial charge in [0.05, 0.1) is 18.2 Å². The Balaban J connectivity index is 1.51. The van der Waals surface area contributed by atoms with E-state index >= 15 is 0 Å². The number of nitrogens with zero attached hydrogens (tertiary/aromatic N) is 1. The molecule has 44 heavy (non-hydrogen) atoms. The second kappa shape index (κ2) is 15.0. The molecule has 1 unspecified atom stereocenters. The first-order valence-electron chi connectivity index (χ1n) is 14.0. The van der Waals surface area contributed by atoms with Crippen LogP contribution in [0, 0.1) is 5.92 Å². The standard InChI is InChI=1S/C33H33N3O7S/c1-21(37)44-20-25(13-12-22-8-4-3-5-9-22)30(38)34-28(32(40)41)18-26-19-36(29-11-7-6-10-27(26)29)35-31(39)23-14-16-24(17-15-23)33(42)43-2/h3-11,14-17,19,25,28H,12-13,18,20H2,1-2H3,(H,34,38)(H,35,39)(H,40,41)/t25?,28-/m0/s1. The van der Waals surface area contributed by atoms with Gasteiger partial charge in [0.1, 0.15) is 6.04 Å². The lowest BCUT2D eigenvalue weighted by atomic mass is 9.99. The predicted molar refractivity (Wildman–Crippen MR) is 168 cm³/mol. The largest absolute Gasteiger partial charge is 0.480 e. The molecule has 10 nitrogen and oxygen atoms in total. The van der Waals surface area contributed by atoms with Crippen LogP contribution in [0.5, 0.6) is 0 Å². The molecule has 2 amide bonds. The summed E-state index contributed by atoms with van der Waals surface area (Å²) in [5, 5.41) is 13.3. The Hall–Kier alpha value is -4.90. The number of rotatable bonds is 13. The Morgan fingerprint density at radius 2 is 1.57 bits per heavy atom. The molecule has 4 aromatic rings. The molecule has 0 radical (unpaired) electrons. The molecule has 0 aliphatic heterocycles. The number of aryl methyl sites for hydroxylation is 1. The number of carboxylic acids is 1. The second-order valence-electron chi connectivity index (χ2n) is 10.2. The number of fused-ring (bicyclic) bond motifs is 1. The molecule has 4 rings (SSSR count). The molecule has 0 saturated heterocycles. The Kier molecular flexibility index (Phi) is 10.9. The molecule has 3 N–H and O–H groups in total. The van der Waals surface area contributed by atoms with E-state index in [4.69, 9.17) is 4.74 Å². The lowest BCUT2D eigenvalue weighted by Crippen LogP contribution is -2.45. The number of ether oxygens (including phenoxy) is 1. The summed E-state index contributed by atoms with van der Waals surface area (Å²) in [5.41, 5.74) is 5.69. The van der Waals surface area contributed by atoms with Gasteiger partial charge in [-0.2, -0.15) is 0 Å². The zero-order valence-corrected chi connectivity index (χ0v) is 25.1. The summed E-state index contributed by atoms with van der Waals surface area (Å²) >= 11 is 1.04. The van der Waals surface area contributed by atoms with Crippen LogP contribution in [0.3, 0.4) is 0 Å². The van der Waals surface area contributed by atoms with Crippen LogP contribution in [0.4, 0.5) is 0 Å². The summed E-state index contributed by atoms with van der Waals surface area (Å²) in [6, 6.07) is 21.6. The number of carboxylic acid groups (broad SMARTS) is 1. The fourth-order valence-corrected chi connectivity index (χ4v) is 5.51. The van der Waals surface area contributed by atoms with Crippen LogP contribution in [0.25, 0.3) is 10.9 Å². The normalized spacial score (nSPS) is 12.2. The molecule has 0 aliphatic rings.